The summed E-state index contributed by atoms with van der Waals surface area (Å²) in [7, 11) is -4.61. The average Bonchev–Trinajstić information content (AvgIpc) is 1.70. The number of allylic oxidation sites excluding steroid dienone is 1. The van der Waals surface area contributed by atoms with Crippen LogP contribution in [0.3, 0.4) is 0 Å². The Balaban J connectivity index is 0.577. The Hall–Kier alpha value is -7.69. The number of H-pyrrole nitrogens is 1. The van der Waals surface area contributed by atoms with Gasteiger partial charge in [0, 0.05) is 98.3 Å². The predicted molar refractivity (Wildman–Crippen MR) is 366 cm³/mol. The van der Waals surface area contributed by atoms with Crippen LogP contribution in [0.2, 0.25) is 5.02 Å². The molecule has 4 amide bonds. The van der Waals surface area contributed by atoms with Crippen LogP contribution in [0.25, 0.3) is 16.6 Å². The molecule has 7 heterocycles. The molecule has 0 saturated carbocycles. The number of pyridine rings is 1. The number of benzene rings is 4. The molecular formula is C72H88ClN11O9S. The van der Waals surface area contributed by atoms with Gasteiger partial charge in [0.2, 0.25) is 11.8 Å². The number of nitro groups is 1. The summed E-state index contributed by atoms with van der Waals surface area (Å²) < 4.78 is 36.7. The van der Waals surface area contributed by atoms with Gasteiger partial charge in [-0.2, -0.15) is 0 Å². The quantitative estimate of drug-likeness (QED) is 0.0181. The van der Waals surface area contributed by atoms with E-state index in [1.807, 2.05) is 30.3 Å². The smallest absolute Gasteiger partial charge is 0.293 e. The molecule has 5 aliphatic heterocycles. The number of nitrogens with one attached hydrogen (secondary N) is 4. The zero-order chi connectivity index (χ0) is 65.5. The Bertz CT molecular complexity index is 3910. The highest BCUT2D eigenvalue weighted by molar-refractivity contribution is 7.90. The van der Waals surface area contributed by atoms with Crippen LogP contribution < -0.4 is 25.0 Å². The lowest BCUT2D eigenvalue weighted by atomic mass is 9.72. The molecule has 4 N–H and O–H groups in total. The molecule has 2 aromatic heterocycles. The molecule has 0 bridgehead atoms. The summed E-state index contributed by atoms with van der Waals surface area (Å²) in [6.45, 7) is 14.8. The number of aryl methyl sites for hydroxylation is 1. The van der Waals surface area contributed by atoms with Crippen molar-refractivity contribution in [2.75, 3.05) is 82.2 Å². The monoisotopic (exact) mass is 1320 g/mol. The molecule has 12 rings (SSSR count). The van der Waals surface area contributed by atoms with Crippen molar-refractivity contribution in [3.63, 3.8) is 0 Å². The van der Waals surface area contributed by atoms with Gasteiger partial charge in [-0.05, 0) is 192 Å². The van der Waals surface area contributed by atoms with Crippen LogP contribution in [-0.4, -0.2) is 151 Å². The third kappa shape index (κ3) is 16.0. The van der Waals surface area contributed by atoms with E-state index >= 15 is 0 Å². The van der Waals surface area contributed by atoms with Crippen molar-refractivity contribution in [2.45, 2.75) is 147 Å². The maximum absolute atomic E-state index is 14.2. The maximum atomic E-state index is 14.2. The standard InChI is InChI=1S/C72H88ClN11O9S/c1-72(2)30-24-53(61(44-72)51-14-16-54(73)17-15-51)47-80-37-39-82(40-38-80)56-18-20-60(66(42-56)93-57-41-52-25-31-74-68(52)76-46-57)69(86)78-94(91,92)58-19-21-63(65(43-58)84(89)90)75-45-49-26-35-81(36-27-49)55-28-33-79(34-29-55)32-9-7-5-3-4-6-8-11-50-12-10-13-59-62(50)48-83(71(59)88)64-22-23-67(85)77-70(64)87/h10,12-21,25,31,41-43,46,49,55,64,75H,3-9,11,22-24,26-30,32-40,44-45,47-48H2,1-2H3,(H,74,76)(H,78,86)(H,77,85,87). The first kappa shape index (κ1) is 66.3. The summed E-state index contributed by atoms with van der Waals surface area (Å²) in [5, 5.41) is 19.7. The highest BCUT2D eigenvalue weighted by atomic mass is 35.5. The van der Waals surface area contributed by atoms with Gasteiger partial charge in [0.1, 0.15) is 28.9 Å². The number of amides is 4. The molecule has 20 nitrogen and oxygen atoms in total. The molecule has 6 aromatic rings. The van der Waals surface area contributed by atoms with Crippen molar-refractivity contribution in [3.05, 3.63) is 152 Å². The van der Waals surface area contributed by atoms with Crippen molar-refractivity contribution in [1.29, 1.82) is 0 Å². The summed E-state index contributed by atoms with van der Waals surface area (Å²) in [5.74, 6) is -0.965. The normalized spacial score (nSPS) is 19.6. The summed E-state index contributed by atoms with van der Waals surface area (Å²) in [4.78, 5) is 82.3. The molecule has 6 aliphatic rings. The summed E-state index contributed by atoms with van der Waals surface area (Å²) >= 11 is 6.29. The predicted octanol–water partition coefficient (Wildman–Crippen LogP) is 12.1. The number of hydrogen-bond donors (Lipinski definition) is 4. The number of halogens is 1. The number of fused-ring (bicyclic) bond motifs is 2. The van der Waals surface area contributed by atoms with Crippen LogP contribution in [0.5, 0.6) is 11.5 Å². The summed E-state index contributed by atoms with van der Waals surface area (Å²) in [5.41, 5.74) is 8.45. The number of aromatic amines is 1. The minimum absolute atomic E-state index is 0.0377. The lowest BCUT2D eigenvalue weighted by Gasteiger charge is -2.42. The van der Waals surface area contributed by atoms with Crippen molar-refractivity contribution >= 4 is 78.9 Å². The number of sulfonamides is 1. The van der Waals surface area contributed by atoms with Gasteiger partial charge in [-0.15, -0.1) is 0 Å². The number of anilines is 2. The molecule has 498 valence electrons. The van der Waals surface area contributed by atoms with Crippen LogP contribution in [0, 0.1) is 21.4 Å². The Kier molecular flexibility index (Phi) is 20.8. The van der Waals surface area contributed by atoms with E-state index in [1.165, 1.54) is 72.7 Å². The van der Waals surface area contributed by atoms with Crippen LogP contribution in [0.1, 0.15) is 154 Å². The molecule has 22 heteroatoms. The van der Waals surface area contributed by atoms with E-state index in [0.29, 0.717) is 55.6 Å². The number of ether oxygens (including phenoxy) is 1. The number of nitro benzene ring substituents is 1. The maximum Gasteiger partial charge on any atom is 0.293 e. The number of likely N-dealkylation sites (tertiary alicyclic amines) is 2. The number of imide groups is 1. The van der Waals surface area contributed by atoms with Gasteiger partial charge in [-0.3, -0.25) is 39.5 Å². The zero-order valence-electron chi connectivity index (χ0n) is 54.1. The van der Waals surface area contributed by atoms with Crippen LogP contribution in [0.4, 0.5) is 17.1 Å². The van der Waals surface area contributed by atoms with Crippen molar-refractivity contribution < 1.29 is 37.3 Å². The number of carbonyl (C=O) groups excluding carboxylic acids is 4. The molecule has 1 unspecified atom stereocenters. The molecule has 4 fully saturated rings. The van der Waals surface area contributed by atoms with E-state index in [1.54, 1.807) is 35.4 Å². The Morgan fingerprint density at radius 3 is 2.33 bits per heavy atom. The molecular weight excluding hydrogens is 1230 g/mol. The summed E-state index contributed by atoms with van der Waals surface area (Å²) in [6, 6.07) is 26.5. The molecule has 94 heavy (non-hydrogen) atoms. The van der Waals surface area contributed by atoms with E-state index < -0.39 is 37.5 Å². The number of piperazine rings is 1. The third-order valence-corrected chi connectivity index (χ3v) is 22.0. The fraction of sp³-hybridized carbons (Fsp3) is 0.486. The van der Waals surface area contributed by atoms with Crippen LogP contribution >= 0.6 is 11.6 Å². The third-order valence-electron chi connectivity index (χ3n) is 20.4. The fourth-order valence-electron chi connectivity index (χ4n) is 14.9. The number of hydrogen-bond acceptors (Lipinski definition) is 15. The van der Waals surface area contributed by atoms with Gasteiger partial charge in [0.15, 0.2) is 0 Å². The molecule has 4 aromatic carbocycles. The van der Waals surface area contributed by atoms with Crippen LogP contribution in [-0.2, 0) is 32.6 Å². The van der Waals surface area contributed by atoms with Gasteiger partial charge in [0.05, 0.1) is 21.6 Å². The van der Waals surface area contributed by atoms with Gasteiger partial charge in [-0.1, -0.05) is 87.4 Å². The Morgan fingerprint density at radius 2 is 1.57 bits per heavy atom. The Morgan fingerprint density at radius 1 is 0.819 bits per heavy atom. The fourth-order valence-corrected chi connectivity index (χ4v) is 16.0. The number of unbranched alkanes of at least 4 members (excludes halogenated alkanes) is 6. The largest absolute Gasteiger partial charge is 0.455 e. The van der Waals surface area contributed by atoms with Gasteiger partial charge < -0.3 is 34.6 Å². The first-order valence-electron chi connectivity index (χ1n) is 33.9. The minimum atomic E-state index is -4.61. The molecule has 4 saturated heterocycles. The molecule has 1 aliphatic carbocycles. The van der Waals surface area contributed by atoms with E-state index in [-0.39, 0.29) is 52.5 Å². The Labute approximate surface area is 556 Å². The lowest BCUT2D eigenvalue weighted by Crippen LogP contribution is -2.52. The first-order valence-corrected chi connectivity index (χ1v) is 35.8. The highest BCUT2D eigenvalue weighted by Crippen LogP contribution is 2.44. The summed E-state index contributed by atoms with van der Waals surface area (Å²) in [6.07, 6.45) is 20.5. The van der Waals surface area contributed by atoms with Gasteiger partial charge in [0.25, 0.3) is 27.5 Å². The van der Waals surface area contributed by atoms with Gasteiger partial charge in [-0.25, -0.2) is 18.1 Å². The number of carbonyl (C=O) groups is 4. The number of aromatic nitrogens is 2. The van der Waals surface area contributed by atoms with E-state index in [9.17, 15) is 37.7 Å². The van der Waals surface area contributed by atoms with Crippen molar-refractivity contribution in [1.82, 2.24) is 39.6 Å². The van der Waals surface area contributed by atoms with Crippen molar-refractivity contribution in [3.8, 4) is 11.5 Å². The molecule has 1 atom stereocenters. The number of rotatable bonds is 25. The second kappa shape index (κ2) is 29.5. The molecule has 0 radical (unpaired) electrons. The second-order valence-electron chi connectivity index (χ2n) is 27.4. The molecule has 0 spiro atoms. The minimum Gasteiger partial charge on any atom is -0.455 e. The zero-order valence-corrected chi connectivity index (χ0v) is 55.7. The SMILES string of the molecule is CC1(C)CCC(CN2CCN(c3ccc(C(=O)NS(=O)(=O)c4ccc(NCC5CCN(C6CCN(CCCCCCCCCc7cccc8c7CN(C7CCC(=O)NC7=O)C8=O)CC6)CC5)c([N+](=O)[O-])c4)c(Oc4cnc5[nH]ccc5c4)c3)CC2)=C(c2ccc(Cl)cc2)C1. The second-order valence-corrected chi connectivity index (χ2v) is 29.6. The average molecular weight is 1320 g/mol. The van der Waals surface area contributed by atoms with Crippen LogP contribution in [0.15, 0.2) is 114 Å². The first-order chi connectivity index (χ1) is 45.4. The van der Waals surface area contributed by atoms with E-state index in [4.69, 9.17) is 16.3 Å². The topological polar surface area (TPSA) is 236 Å². The number of piperidine rings is 3. The van der Waals surface area contributed by atoms with E-state index in [0.717, 1.165) is 144 Å². The lowest BCUT2D eigenvalue weighted by molar-refractivity contribution is -0.384. The van der Waals surface area contributed by atoms with Crippen molar-refractivity contribution in [2.24, 2.45) is 11.3 Å². The van der Waals surface area contributed by atoms with E-state index in [2.05, 4.69) is 77.0 Å². The highest BCUT2D eigenvalue weighted by Gasteiger charge is 2.40. The van der Waals surface area contributed by atoms with Gasteiger partial charge >= 0.3 is 0 Å². The number of nitrogens with zero attached hydrogens (tertiary/aromatic N) is 7.